The van der Waals surface area contributed by atoms with Crippen LogP contribution in [0, 0.1) is 0 Å². The Hall–Kier alpha value is -2.74. The van der Waals surface area contributed by atoms with Gasteiger partial charge in [-0.3, -0.25) is 9.52 Å². The summed E-state index contributed by atoms with van der Waals surface area (Å²) in [6.45, 7) is 0. The number of hydrogen-bond acceptors (Lipinski definition) is 5. The zero-order valence-corrected chi connectivity index (χ0v) is 14.3. The topological polar surface area (TPSA) is 93.7 Å². The third-order valence-corrected chi connectivity index (χ3v) is 3.64. The second-order valence-corrected chi connectivity index (χ2v) is 6.76. The van der Waals surface area contributed by atoms with Gasteiger partial charge in [0.05, 0.1) is 20.5 Å². The SMILES string of the molecule is COc1cc(NC(=O)c2cccc(NS(C)(=O)=O)c2)cc(OC)c1. The molecule has 0 saturated carbocycles. The third kappa shape index (κ3) is 4.88. The van der Waals surface area contributed by atoms with Crippen molar-refractivity contribution in [1.29, 1.82) is 0 Å². The van der Waals surface area contributed by atoms with Gasteiger partial charge in [0.1, 0.15) is 11.5 Å². The molecule has 2 aromatic rings. The smallest absolute Gasteiger partial charge is 0.255 e. The third-order valence-electron chi connectivity index (χ3n) is 3.04. The van der Waals surface area contributed by atoms with E-state index in [0.717, 1.165) is 6.26 Å². The molecule has 2 aromatic carbocycles. The van der Waals surface area contributed by atoms with Gasteiger partial charge in [-0.25, -0.2) is 8.42 Å². The minimum absolute atomic E-state index is 0.311. The average molecular weight is 350 g/mol. The van der Waals surface area contributed by atoms with Gasteiger partial charge in [0.2, 0.25) is 10.0 Å². The first kappa shape index (κ1) is 17.6. The molecule has 0 fully saturated rings. The van der Waals surface area contributed by atoms with Crippen LogP contribution in [0.3, 0.4) is 0 Å². The molecule has 0 aliphatic heterocycles. The lowest BCUT2D eigenvalue weighted by Gasteiger charge is -2.11. The quantitative estimate of drug-likeness (QED) is 0.834. The molecule has 2 N–H and O–H groups in total. The Balaban J connectivity index is 2.22. The monoisotopic (exact) mass is 350 g/mol. The maximum atomic E-state index is 12.4. The van der Waals surface area contributed by atoms with Crippen LogP contribution in [0.1, 0.15) is 10.4 Å². The van der Waals surface area contributed by atoms with E-state index >= 15 is 0 Å². The van der Waals surface area contributed by atoms with E-state index in [1.807, 2.05) is 0 Å². The number of rotatable bonds is 6. The van der Waals surface area contributed by atoms with Gasteiger partial charge >= 0.3 is 0 Å². The van der Waals surface area contributed by atoms with Crippen molar-refractivity contribution in [3.63, 3.8) is 0 Å². The summed E-state index contributed by atoms with van der Waals surface area (Å²) >= 11 is 0. The van der Waals surface area contributed by atoms with E-state index in [2.05, 4.69) is 10.0 Å². The summed E-state index contributed by atoms with van der Waals surface area (Å²) in [6, 6.07) is 11.2. The molecule has 0 atom stereocenters. The fourth-order valence-electron chi connectivity index (χ4n) is 2.02. The van der Waals surface area contributed by atoms with Gasteiger partial charge in [0, 0.05) is 35.1 Å². The number of hydrogen-bond donors (Lipinski definition) is 2. The van der Waals surface area contributed by atoms with Crippen molar-refractivity contribution in [1.82, 2.24) is 0 Å². The normalized spacial score (nSPS) is 10.8. The molecular formula is C16H18N2O5S. The van der Waals surface area contributed by atoms with Crippen LogP contribution in [0.2, 0.25) is 0 Å². The van der Waals surface area contributed by atoms with E-state index in [9.17, 15) is 13.2 Å². The summed E-state index contributed by atoms with van der Waals surface area (Å²) in [4.78, 5) is 12.4. The van der Waals surface area contributed by atoms with Crippen molar-refractivity contribution >= 4 is 27.3 Å². The van der Waals surface area contributed by atoms with E-state index in [0.29, 0.717) is 28.4 Å². The summed E-state index contributed by atoms with van der Waals surface area (Å²) in [7, 11) is -0.382. The Morgan fingerprint density at radius 1 is 0.958 bits per heavy atom. The van der Waals surface area contributed by atoms with Crippen LogP contribution >= 0.6 is 0 Å². The molecule has 0 aromatic heterocycles. The molecule has 24 heavy (non-hydrogen) atoms. The van der Waals surface area contributed by atoms with Crippen molar-refractivity contribution in [3.05, 3.63) is 48.0 Å². The van der Waals surface area contributed by atoms with E-state index in [4.69, 9.17) is 9.47 Å². The minimum atomic E-state index is -3.41. The van der Waals surface area contributed by atoms with Crippen LogP contribution < -0.4 is 19.5 Å². The molecule has 0 spiro atoms. The number of sulfonamides is 1. The molecular weight excluding hydrogens is 332 g/mol. The summed E-state index contributed by atoms with van der Waals surface area (Å²) < 4.78 is 35.2. The Bertz CT molecular complexity index is 827. The fraction of sp³-hybridized carbons (Fsp3) is 0.188. The molecule has 128 valence electrons. The summed E-state index contributed by atoms with van der Waals surface area (Å²) in [5.41, 5.74) is 1.12. The van der Waals surface area contributed by atoms with Gasteiger partial charge < -0.3 is 14.8 Å². The van der Waals surface area contributed by atoms with Crippen molar-refractivity contribution < 1.29 is 22.7 Å². The second kappa shape index (κ2) is 7.22. The lowest BCUT2D eigenvalue weighted by molar-refractivity contribution is 0.102. The number of amides is 1. The van der Waals surface area contributed by atoms with Crippen LogP contribution in [0.25, 0.3) is 0 Å². The maximum Gasteiger partial charge on any atom is 0.255 e. The maximum absolute atomic E-state index is 12.4. The van der Waals surface area contributed by atoms with Crippen LogP contribution in [-0.4, -0.2) is 34.8 Å². The number of carbonyl (C=O) groups is 1. The fourth-order valence-corrected chi connectivity index (χ4v) is 2.58. The number of nitrogens with one attached hydrogen (secondary N) is 2. The predicted octanol–water partition coefficient (Wildman–Crippen LogP) is 2.33. The standard InChI is InChI=1S/C16H18N2O5S/c1-22-14-8-13(9-15(10-14)23-2)17-16(19)11-5-4-6-12(7-11)18-24(3,20)21/h4-10,18H,1-3H3,(H,17,19). The van der Waals surface area contributed by atoms with Crippen LogP contribution in [0.4, 0.5) is 11.4 Å². The Kier molecular flexibility index (Phi) is 5.30. The highest BCUT2D eigenvalue weighted by molar-refractivity contribution is 7.92. The number of benzene rings is 2. The van der Waals surface area contributed by atoms with E-state index in [-0.39, 0.29) is 5.91 Å². The van der Waals surface area contributed by atoms with Crippen LogP contribution in [0.15, 0.2) is 42.5 Å². The summed E-state index contributed by atoms with van der Waals surface area (Å²) in [6.07, 6.45) is 1.04. The molecule has 0 bridgehead atoms. The molecule has 8 heteroatoms. The highest BCUT2D eigenvalue weighted by Crippen LogP contribution is 2.26. The zero-order valence-electron chi connectivity index (χ0n) is 13.5. The number of methoxy groups -OCH3 is 2. The van der Waals surface area contributed by atoms with E-state index < -0.39 is 10.0 Å². The van der Waals surface area contributed by atoms with E-state index in [1.165, 1.54) is 20.3 Å². The molecule has 0 saturated heterocycles. The highest BCUT2D eigenvalue weighted by Gasteiger charge is 2.10. The largest absolute Gasteiger partial charge is 0.497 e. The van der Waals surface area contributed by atoms with Crippen molar-refractivity contribution in [3.8, 4) is 11.5 Å². The van der Waals surface area contributed by atoms with Crippen molar-refractivity contribution in [2.75, 3.05) is 30.5 Å². The van der Waals surface area contributed by atoms with Gasteiger partial charge in [-0.1, -0.05) is 6.07 Å². The first-order chi connectivity index (χ1) is 11.3. The van der Waals surface area contributed by atoms with Crippen LogP contribution in [0.5, 0.6) is 11.5 Å². The first-order valence-corrected chi connectivity index (χ1v) is 8.82. The highest BCUT2D eigenvalue weighted by atomic mass is 32.2. The Morgan fingerprint density at radius 2 is 1.58 bits per heavy atom. The summed E-state index contributed by atoms with van der Waals surface area (Å²) in [5, 5.41) is 2.72. The van der Waals surface area contributed by atoms with Gasteiger partial charge in [0.15, 0.2) is 0 Å². The molecule has 7 nitrogen and oxygen atoms in total. The number of anilines is 2. The predicted molar refractivity (Wildman–Crippen MR) is 92.4 cm³/mol. The summed E-state index contributed by atoms with van der Waals surface area (Å²) in [5.74, 6) is 0.691. The van der Waals surface area contributed by atoms with Crippen molar-refractivity contribution in [2.45, 2.75) is 0 Å². The zero-order chi connectivity index (χ0) is 17.7. The van der Waals surface area contributed by atoms with Gasteiger partial charge in [-0.2, -0.15) is 0 Å². The second-order valence-electron chi connectivity index (χ2n) is 5.01. The van der Waals surface area contributed by atoms with Gasteiger partial charge in [-0.05, 0) is 18.2 Å². The number of carbonyl (C=O) groups excluding carboxylic acids is 1. The minimum Gasteiger partial charge on any atom is -0.497 e. The van der Waals surface area contributed by atoms with E-state index in [1.54, 1.807) is 36.4 Å². The average Bonchev–Trinajstić information content (AvgIpc) is 2.53. The Labute approximate surface area is 140 Å². The lowest BCUT2D eigenvalue weighted by Crippen LogP contribution is -2.14. The molecule has 0 radical (unpaired) electrons. The lowest BCUT2D eigenvalue weighted by atomic mass is 10.2. The molecule has 1 amide bonds. The Morgan fingerprint density at radius 3 is 2.12 bits per heavy atom. The molecule has 2 rings (SSSR count). The molecule has 0 unspecified atom stereocenters. The first-order valence-electron chi connectivity index (χ1n) is 6.93. The molecule has 0 heterocycles. The van der Waals surface area contributed by atoms with Crippen LogP contribution in [-0.2, 0) is 10.0 Å². The molecule has 0 aliphatic carbocycles. The van der Waals surface area contributed by atoms with Crippen molar-refractivity contribution in [2.24, 2.45) is 0 Å². The molecule has 0 aliphatic rings. The van der Waals surface area contributed by atoms with Gasteiger partial charge in [0.25, 0.3) is 5.91 Å². The number of ether oxygens (including phenoxy) is 2. The van der Waals surface area contributed by atoms with Gasteiger partial charge in [-0.15, -0.1) is 0 Å².